The fraction of sp³-hybridized carbons (Fsp3) is 0.0526. The van der Waals surface area contributed by atoms with Crippen LogP contribution in [0.3, 0.4) is 0 Å². The fourth-order valence-corrected chi connectivity index (χ4v) is 2.48. The van der Waals surface area contributed by atoms with Gasteiger partial charge in [-0.15, -0.1) is 0 Å². The summed E-state index contributed by atoms with van der Waals surface area (Å²) in [5, 5.41) is 0. The second-order valence-electron chi connectivity index (χ2n) is 5.53. The van der Waals surface area contributed by atoms with Crippen molar-refractivity contribution in [2.75, 3.05) is 0 Å². The number of hydrogen-bond acceptors (Lipinski definition) is 3. The lowest BCUT2D eigenvalue weighted by molar-refractivity contribution is 0.301. The van der Waals surface area contributed by atoms with Crippen LogP contribution in [-0.2, 0) is 6.61 Å². The molecule has 0 N–H and O–H groups in total. The first-order valence-electron chi connectivity index (χ1n) is 7.65. The van der Waals surface area contributed by atoms with Crippen LogP contribution in [0.25, 0.3) is 16.9 Å². The maximum Gasteiger partial charge on any atom is 0.234 e. The summed E-state index contributed by atoms with van der Waals surface area (Å²) in [5.41, 5.74) is 2.43. The predicted molar refractivity (Wildman–Crippen MR) is 89.1 cm³/mol. The van der Waals surface area contributed by atoms with E-state index >= 15 is 0 Å². The predicted octanol–water partition coefficient (Wildman–Crippen LogP) is 4.25. The molecule has 0 aliphatic heterocycles. The van der Waals surface area contributed by atoms with Crippen molar-refractivity contribution in [3.05, 3.63) is 84.4 Å². The smallest absolute Gasteiger partial charge is 0.234 e. The Balaban J connectivity index is 1.55. The Morgan fingerprint density at radius 2 is 1.52 bits per heavy atom. The summed E-state index contributed by atoms with van der Waals surface area (Å²) in [5.74, 6) is 0.528. The van der Waals surface area contributed by atoms with Crippen LogP contribution < -0.4 is 4.74 Å². The Hall–Kier alpha value is -3.28. The summed E-state index contributed by atoms with van der Waals surface area (Å²) in [6.07, 6.45) is 5.39. The molecule has 6 heteroatoms. The van der Waals surface area contributed by atoms with Gasteiger partial charge in [-0.05, 0) is 42.0 Å². The molecule has 2 heterocycles. The van der Waals surface area contributed by atoms with E-state index in [1.54, 1.807) is 34.9 Å². The molecule has 0 unspecified atom stereocenters. The van der Waals surface area contributed by atoms with Gasteiger partial charge in [0.25, 0.3) is 0 Å². The van der Waals surface area contributed by atoms with E-state index in [0.29, 0.717) is 17.2 Å². The molecule has 0 radical (unpaired) electrons. The zero-order valence-corrected chi connectivity index (χ0v) is 13.1. The topological polar surface area (TPSA) is 39.4 Å². The second kappa shape index (κ2) is 6.32. The van der Waals surface area contributed by atoms with Crippen LogP contribution in [-0.4, -0.2) is 14.4 Å². The third-order valence-corrected chi connectivity index (χ3v) is 3.74. The van der Waals surface area contributed by atoms with Gasteiger partial charge in [0.1, 0.15) is 24.0 Å². The number of benzene rings is 2. The molecule has 0 saturated heterocycles. The first-order valence-corrected chi connectivity index (χ1v) is 7.65. The summed E-state index contributed by atoms with van der Waals surface area (Å²) >= 11 is 0. The van der Waals surface area contributed by atoms with Crippen LogP contribution in [0, 0.1) is 11.6 Å². The van der Waals surface area contributed by atoms with Crippen molar-refractivity contribution in [1.82, 2.24) is 14.4 Å². The third kappa shape index (κ3) is 3.33. The van der Waals surface area contributed by atoms with Gasteiger partial charge in [0.05, 0.1) is 5.69 Å². The Labute approximate surface area is 142 Å². The zero-order chi connectivity index (χ0) is 17.2. The molecule has 124 valence electrons. The minimum Gasteiger partial charge on any atom is -0.487 e. The number of halogens is 2. The van der Waals surface area contributed by atoms with Gasteiger partial charge < -0.3 is 4.74 Å². The van der Waals surface area contributed by atoms with Crippen molar-refractivity contribution in [2.45, 2.75) is 6.61 Å². The summed E-state index contributed by atoms with van der Waals surface area (Å²) in [4.78, 5) is 8.71. The van der Waals surface area contributed by atoms with Crippen molar-refractivity contribution in [3.8, 4) is 16.9 Å². The molecule has 4 nitrogen and oxygen atoms in total. The summed E-state index contributed by atoms with van der Waals surface area (Å²) in [7, 11) is 0. The number of imidazole rings is 1. The molecule has 0 aliphatic rings. The Morgan fingerprint density at radius 3 is 2.24 bits per heavy atom. The lowest BCUT2D eigenvalue weighted by atomic mass is 10.1. The van der Waals surface area contributed by atoms with Crippen LogP contribution in [0.2, 0.25) is 0 Å². The average molecular weight is 337 g/mol. The number of fused-ring (bicyclic) bond motifs is 1. The lowest BCUT2D eigenvalue weighted by Gasteiger charge is -2.03. The van der Waals surface area contributed by atoms with Crippen molar-refractivity contribution >= 4 is 5.78 Å². The molecule has 0 fully saturated rings. The van der Waals surface area contributed by atoms with Crippen molar-refractivity contribution in [2.24, 2.45) is 0 Å². The second-order valence-corrected chi connectivity index (χ2v) is 5.53. The minimum atomic E-state index is -0.308. The standard InChI is InChI=1S/C19H13F2N3O/c20-15-3-1-13(2-4-15)14-9-22-19-23-17(11-24(19)10-14)12-25-18-7-5-16(21)6-8-18/h1-11H,12H2. The largest absolute Gasteiger partial charge is 0.487 e. The molecule has 0 bridgehead atoms. The van der Waals surface area contributed by atoms with Gasteiger partial charge in [-0.3, -0.25) is 4.40 Å². The van der Waals surface area contributed by atoms with E-state index in [1.165, 1.54) is 24.3 Å². The lowest BCUT2D eigenvalue weighted by Crippen LogP contribution is -1.95. The van der Waals surface area contributed by atoms with Gasteiger partial charge in [-0.25, -0.2) is 18.7 Å². The number of ether oxygens (including phenoxy) is 1. The minimum absolute atomic E-state index is 0.251. The highest BCUT2D eigenvalue weighted by atomic mass is 19.1. The van der Waals surface area contributed by atoms with Gasteiger partial charge in [0, 0.05) is 24.2 Å². The van der Waals surface area contributed by atoms with E-state index in [2.05, 4.69) is 9.97 Å². The molecule has 25 heavy (non-hydrogen) atoms. The molecule has 2 aromatic heterocycles. The molecule has 0 amide bonds. The highest BCUT2D eigenvalue weighted by molar-refractivity contribution is 5.62. The highest BCUT2D eigenvalue weighted by Gasteiger charge is 2.06. The summed E-state index contributed by atoms with van der Waals surface area (Å²) in [6, 6.07) is 12.0. The van der Waals surface area contributed by atoms with Gasteiger partial charge in [0.2, 0.25) is 5.78 Å². The van der Waals surface area contributed by atoms with Gasteiger partial charge in [-0.2, -0.15) is 0 Å². The zero-order valence-electron chi connectivity index (χ0n) is 13.1. The molecule has 0 spiro atoms. The Bertz CT molecular complexity index is 1010. The van der Waals surface area contributed by atoms with Crippen LogP contribution in [0.5, 0.6) is 5.75 Å². The number of hydrogen-bond donors (Lipinski definition) is 0. The van der Waals surface area contributed by atoms with Crippen LogP contribution in [0.4, 0.5) is 8.78 Å². The van der Waals surface area contributed by atoms with Gasteiger partial charge in [0.15, 0.2) is 0 Å². The Kier molecular flexibility index (Phi) is 3.85. The van der Waals surface area contributed by atoms with Gasteiger partial charge in [-0.1, -0.05) is 12.1 Å². The van der Waals surface area contributed by atoms with E-state index in [4.69, 9.17) is 4.74 Å². The molecular weight excluding hydrogens is 324 g/mol. The highest BCUT2D eigenvalue weighted by Crippen LogP contribution is 2.20. The van der Waals surface area contributed by atoms with E-state index in [9.17, 15) is 8.78 Å². The first kappa shape index (κ1) is 15.3. The monoisotopic (exact) mass is 337 g/mol. The quantitative estimate of drug-likeness (QED) is 0.559. The summed E-state index contributed by atoms with van der Waals surface area (Å²) in [6.45, 7) is 0.251. The van der Waals surface area contributed by atoms with Crippen molar-refractivity contribution in [1.29, 1.82) is 0 Å². The van der Waals surface area contributed by atoms with E-state index in [0.717, 1.165) is 11.1 Å². The number of aromatic nitrogens is 3. The van der Waals surface area contributed by atoms with Crippen molar-refractivity contribution < 1.29 is 13.5 Å². The number of rotatable bonds is 4. The van der Waals surface area contributed by atoms with Gasteiger partial charge >= 0.3 is 0 Å². The van der Waals surface area contributed by atoms with Crippen LogP contribution >= 0.6 is 0 Å². The Morgan fingerprint density at radius 1 is 0.840 bits per heavy atom. The van der Waals surface area contributed by atoms with Crippen molar-refractivity contribution in [3.63, 3.8) is 0 Å². The van der Waals surface area contributed by atoms with E-state index in [1.807, 2.05) is 12.4 Å². The fourth-order valence-electron chi connectivity index (χ4n) is 2.48. The summed E-state index contributed by atoms with van der Waals surface area (Å²) < 4.78 is 33.3. The molecular formula is C19H13F2N3O. The SMILES string of the molecule is Fc1ccc(OCc2cn3cc(-c4ccc(F)cc4)cnc3n2)cc1. The molecule has 0 atom stereocenters. The molecule has 2 aromatic carbocycles. The number of nitrogens with zero attached hydrogens (tertiary/aromatic N) is 3. The molecule has 0 aliphatic carbocycles. The van der Waals surface area contributed by atoms with Crippen LogP contribution in [0.1, 0.15) is 5.69 Å². The van der Waals surface area contributed by atoms with E-state index < -0.39 is 0 Å². The maximum atomic E-state index is 13.0. The normalized spacial score (nSPS) is 11.0. The third-order valence-electron chi connectivity index (χ3n) is 3.74. The van der Waals surface area contributed by atoms with E-state index in [-0.39, 0.29) is 18.2 Å². The average Bonchev–Trinajstić information content (AvgIpc) is 3.04. The molecule has 4 aromatic rings. The van der Waals surface area contributed by atoms with Crippen LogP contribution in [0.15, 0.2) is 67.1 Å². The first-order chi connectivity index (χ1) is 12.2. The molecule has 4 rings (SSSR count). The molecule has 0 saturated carbocycles. The maximum absolute atomic E-state index is 13.0.